The van der Waals surface area contributed by atoms with Gasteiger partial charge in [-0.15, -0.1) is 0 Å². The van der Waals surface area contributed by atoms with Crippen LogP contribution in [0.15, 0.2) is 139 Å². The zero-order valence-electron chi connectivity index (χ0n) is 32.9. The van der Waals surface area contributed by atoms with Gasteiger partial charge in [-0.2, -0.15) is 0 Å². The number of allylic oxidation sites excluding steroid dienone is 9. The van der Waals surface area contributed by atoms with Gasteiger partial charge < -0.3 is 9.47 Å². The molecule has 0 spiro atoms. The van der Waals surface area contributed by atoms with Crippen LogP contribution in [0.5, 0.6) is 0 Å². The molecule has 0 amide bonds. The molecule has 10 rings (SSSR count). The summed E-state index contributed by atoms with van der Waals surface area (Å²) in [6, 6.07) is 31.9. The van der Waals surface area contributed by atoms with Gasteiger partial charge in [-0.05, 0) is 112 Å². The fourth-order valence-corrected chi connectivity index (χ4v) is 10.6. The molecule has 0 fully saturated rings. The molecule has 1 aliphatic heterocycles. The van der Waals surface area contributed by atoms with Crippen LogP contribution in [0, 0.1) is 11.8 Å². The first-order valence-corrected chi connectivity index (χ1v) is 20.5. The van der Waals surface area contributed by atoms with Crippen LogP contribution in [-0.2, 0) is 17.4 Å². The summed E-state index contributed by atoms with van der Waals surface area (Å²) in [5, 5.41) is 2.75. The van der Waals surface area contributed by atoms with Gasteiger partial charge in [-0.1, -0.05) is 138 Å². The fraction of sp³-hybridized carbons (Fsp3) is 0.346. The lowest BCUT2D eigenvalue weighted by atomic mass is 9.78. The summed E-state index contributed by atoms with van der Waals surface area (Å²) < 4.78 is 2.62. The zero-order chi connectivity index (χ0) is 36.9. The molecule has 4 unspecified atom stereocenters. The monoisotopic (exact) mass is 706 g/mol. The van der Waals surface area contributed by atoms with Gasteiger partial charge in [0, 0.05) is 63.5 Å². The predicted octanol–water partition coefficient (Wildman–Crippen LogP) is 13.5. The van der Waals surface area contributed by atoms with Crippen LogP contribution in [0.1, 0.15) is 107 Å². The van der Waals surface area contributed by atoms with Crippen molar-refractivity contribution in [2.24, 2.45) is 11.8 Å². The lowest BCUT2D eigenvalue weighted by Crippen LogP contribution is -2.30. The van der Waals surface area contributed by atoms with E-state index in [1.807, 2.05) is 0 Å². The van der Waals surface area contributed by atoms with Gasteiger partial charge in [0.25, 0.3) is 0 Å². The van der Waals surface area contributed by atoms with Crippen molar-refractivity contribution in [2.75, 3.05) is 4.90 Å². The quantitative estimate of drug-likeness (QED) is 0.169. The summed E-state index contributed by atoms with van der Waals surface area (Å²) in [5.74, 6) is 1.83. The van der Waals surface area contributed by atoms with E-state index in [1.165, 1.54) is 73.8 Å². The van der Waals surface area contributed by atoms with Crippen molar-refractivity contribution in [2.45, 2.75) is 102 Å². The molecule has 0 N–H and O–H groups in total. The van der Waals surface area contributed by atoms with Crippen molar-refractivity contribution in [1.29, 1.82) is 0 Å². The highest BCUT2D eigenvalue weighted by Crippen LogP contribution is 2.54. The lowest BCUT2D eigenvalue weighted by Gasteiger charge is -2.31. The average Bonchev–Trinajstić information content (AvgIpc) is 3.79. The van der Waals surface area contributed by atoms with Gasteiger partial charge in [0.15, 0.2) is 0 Å². The highest BCUT2D eigenvalue weighted by molar-refractivity contribution is 6.10. The minimum Gasteiger partial charge on any atom is -0.337 e. The highest BCUT2D eigenvalue weighted by Gasteiger charge is 2.42. The summed E-state index contributed by atoms with van der Waals surface area (Å²) in [4.78, 5) is 2.67. The van der Waals surface area contributed by atoms with Crippen molar-refractivity contribution >= 4 is 33.2 Å². The van der Waals surface area contributed by atoms with E-state index in [-0.39, 0.29) is 10.8 Å². The number of nitrogens with zero attached hydrogens (tertiary/aromatic N) is 2. The lowest BCUT2D eigenvalue weighted by molar-refractivity contribution is 0.519. The molecule has 5 aliphatic rings. The first-order chi connectivity index (χ1) is 26.0. The molecule has 5 atom stereocenters. The second-order valence-electron chi connectivity index (χ2n) is 18.8. The Morgan fingerprint density at radius 3 is 2.22 bits per heavy atom. The Bertz CT molecular complexity index is 2450. The SMILES string of the molecule is CC(C)(C)c1cc(Cn2c3ccc([C@@H]4C5=C(C=CCC5)C5C=CC=CC54)cc3c3cc(N4c5ccccc5C5C=CCCC54)ccc32)cc(C(C)(C)C)c1. The molecule has 4 aromatic carbocycles. The molecule has 0 radical (unpaired) electrons. The fourth-order valence-electron chi connectivity index (χ4n) is 10.6. The Balaban J connectivity index is 1.17. The van der Waals surface area contributed by atoms with E-state index in [1.54, 1.807) is 11.1 Å². The zero-order valence-corrected chi connectivity index (χ0v) is 32.9. The maximum atomic E-state index is 2.67. The van der Waals surface area contributed by atoms with E-state index >= 15 is 0 Å². The maximum Gasteiger partial charge on any atom is 0.0496 e. The third kappa shape index (κ3) is 5.35. The molecular weight excluding hydrogens is 653 g/mol. The highest BCUT2D eigenvalue weighted by atomic mass is 15.2. The number of hydrogen-bond donors (Lipinski definition) is 0. The van der Waals surface area contributed by atoms with Crippen LogP contribution in [0.2, 0.25) is 0 Å². The van der Waals surface area contributed by atoms with Gasteiger partial charge in [0.2, 0.25) is 0 Å². The van der Waals surface area contributed by atoms with Crippen LogP contribution in [0.4, 0.5) is 11.4 Å². The summed E-state index contributed by atoms with van der Waals surface area (Å²) in [7, 11) is 0. The van der Waals surface area contributed by atoms with Crippen LogP contribution < -0.4 is 4.90 Å². The molecule has 5 aromatic rings. The summed E-state index contributed by atoms with van der Waals surface area (Å²) in [6.07, 6.45) is 23.8. The summed E-state index contributed by atoms with van der Waals surface area (Å²) >= 11 is 0. The molecule has 0 bridgehead atoms. The maximum absolute atomic E-state index is 2.67. The number of fused-ring (bicyclic) bond motifs is 8. The van der Waals surface area contributed by atoms with Crippen molar-refractivity contribution in [3.63, 3.8) is 0 Å². The van der Waals surface area contributed by atoms with Crippen molar-refractivity contribution < 1.29 is 0 Å². The molecule has 0 saturated heterocycles. The number of aromatic nitrogens is 1. The first kappa shape index (κ1) is 33.7. The standard InChI is InChI=1S/C52H54N2/c1-51(2,3)35-27-33(28-36(30-35)52(4,5)6)32-53-46-25-23-34(50-42-19-9-7-15-38(42)39-16-8-10-20-43(39)50)29-44(46)45-31-37(24-26-47(45)53)54-48-21-13-11-17-40(48)41-18-12-14-22-49(41)54/h7-9,11-13,15-19,21,23-31,38,41-42,49-50H,10,14,20,22,32H2,1-6H3/t38?,41?,42?,49?,50-/m0/s1. The van der Waals surface area contributed by atoms with Crippen LogP contribution in [0.3, 0.4) is 0 Å². The average molecular weight is 707 g/mol. The van der Waals surface area contributed by atoms with Crippen LogP contribution in [-0.4, -0.2) is 10.6 Å². The normalized spacial score (nSPS) is 24.4. The molecule has 4 aliphatic carbocycles. The van der Waals surface area contributed by atoms with Gasteiger partial charge >= 0.3 is 0 Å². The summed E-state index contributed by atoms with van der Waals surface area (Å²) in [6.45, 7) is 14.9. The Morgan fingerprint density at radius 2 is 1.43 bits per heavy atom. The van der Waals surface area contributed by atoms with E-state index in [2.05, 4.69) is 178 Å². The van der Waals surface area contributed by atoms with Crippen molar-refractivity contribution in [1.82, 2.24) is 4.57 Å². The minimum absolute atomic E-state index is 0.0720. The van der Waals surface area contributed by atoms with E-state index in [4.69, 9.17) is 0 Å². The molecule has 2 heterocycles. The van der Waals surface area contributed by atoms with E-state index in [0.29, 0.717) is 29.7 Å². The van der Waals surface area contributed by atoms with E-state index in [9.17, 15) is 0 Å². The van der Waals surface area contributed by atoms with Crippen molar-refractivity contribution in [3.05, 3.63) is 166 Å². The second kappa shape index (κ2) is 12.4. The number of benzene rings is 4. The number of hydrogen-bond acceptors (Lipinski definition) is 1. The Hall–Kier alpha value is -4.82. The van der Waals surface area contributed by atoms with Crippen LogP contribution in [0.25, 0.3) is 21.8 Å². The van der Waals surface area contributed by atoms with Crippen LogP contribution >= 0.6 is 0 Å². The van der Waals surface area contributed by atoms with Crippen molar-refractivity contribution in [3.8, 4) is 0 Å². The Morgan fingerprint density at radius 1 is 0.685 bits per heavy atom. The largest absolute Gasteiger partial charge is 0.337 e. The number of anilines is 2. The molecule has 2 heteroatoms. The van der Waals surface area contributed by atoms with Gasteiger partial charge in [-0.25, -0.2) is 0 Å². The van der Waals surface area contributed by atoms with Gasteiger partial charge in [0.05, 0.1) is 0 Å². The Labute approximate surface area is 322 Å². The summed E-state index contributed by atoms with van der Waals surface area (Å²) in [5.41, 5.74) is 15.8. The van der Waals surface area contributed by atoms with Gasteiger partial charge in [0.1, 0.15) is 0 Å². The first-order valence-electron chi connectivity index (χ1n) is 20.5. The number of para-hydroxylation sites is 1. The molecule has 272 valence electrons. The number of rotatable bonds is 4. The molecule has 1 aromatic heterocycles. The van der Waals surface area contributed by atoms with Gasteiger partial charge in [-0.3, -0.25) is 0 Å². The predicted molar refractivity (Wildman–Crippen MR) is 229 cm³/mol. The topological polar surface area (TPSA) is 8.17 Å². The smallest absolute Gasteiger partial charge is 0.0496 e. The molecular formula is C52H54N2. The second-order valence-corrected chi connectivity index (χ2v) is 18.8. The Kier molecular flexibility index (Phi) is 7.71. The third-order valence-electron chi connectivity index (χ3n) is 13.4. The van der Waals surface area contributed by atoms with E-state index < -0.39 is 0 Å². The van der Waals surface area contributed by atoms with E-state index in [0.717, 1.165) is 19.4 Å². The molecule has 0 saturated carbocycles. The molecule has 54 heavy (non-hydrogen) atoms. The third-order valence-corrected chi connectivity index (χ3v) is 13.4. The minimum atomic E-state index is 0.0720. The molecule has 2 nitrogen and oxygen atoms in total.